The van der Waals surface area contributed by atoms with Gasteiger partial charge in [0.1, 0.15) is 11.2 Å². The highest BCUT2D eigenvalue weighted by Gasteiger charge is 2.30. The Balaban J connectivity index is 2.12. The Kier molecular flexibility index (Phi) is 5.22. The van der Waals surface area contributed by atoms with Crippen LogP contribution < -0.4 is 4.74 Å². The van der Waals surface area contributed by atoms with Gasteiger partial charge in [0.2, 0.25) is 12.3 Å². The van der Waals surface area contributed by atoms with Gasteiger partial charge in [0.05, 0.1) is 30.8 Å². The summed E-state index contributed by atoms with van der Waals surface area (Å²) in [4.78, 5) is 8.42. The van der Waals surface area contributed by atoms with Gasteiger partial charge >= 0.3 is 6.18 Å². The summed E-state index contributed by atoms with van der Waals surface area (Å²) in [7, 11) is 1.37. The van der Waals surface area contributed by atoms with E-state index >= 15 is 0 Å². The van der Waals surface area contributed by atoms with Crippen LogP contribution in [-0.4, -0.2) is 33.3 Å². The number of nitrogens with zero attached hydrogens (tertiary/aromatic N) is 4. The van der Waals surface area contributed by atoms with Gasteiger partial charge in [0.15, 0.2) is 5.65 Å². The first-order chi connectivity index (χ1) is 13.1. The zero-order valence-electron chi connectivity index (χ0n) is 15.3. The number of methoxy groups -OCH3 is 1. The van der Waals surface area contributed by atoms with Crippen LogP contribution in [0.3, 0.4) is 0 Å². The molecule has 1 unspecified atom stereocenters. The van der Waals surface area contributed by atoms with Crippen molar-refractivity contribution < 1.29 is 26.7 Å². The number of halogens is 5. The van der Waals surface area contributed by atoms with Crippen molar-refractivity contribution >= 4 is 11.0 Å². The normalized spacial score (nSPS) is 13.3. The average Bonchev–Trinajstić information content (AvgIpc) is 2.97. The fraction of sp³-hybridized carbons (Fsp3) is 0.389. The van der Waals surface area contributed by atoms with Crippen LogP contribution in [0.25, 0.3) is 11.0 Å². The van der Waals surface area contributed by atoms with Crippen LogP contribution in [0, 0.1) is 6.92 Å². The third-order valence-corrected chi connectivity index (χ3v) is 4.33. The van der Waals surface area contributed by atoms with E-state index in [0.717, 1.165) is 12.1 Å². The average molecular weight is 400 g/mol. The lowest BCUT2D eigenvalue weighted by Crippen LogP contribution is -2.11. The lowest BCUT2D eigenvalue weighted by atomic mass is 10.1. The van der Waals surface area contributed by atoms with Gasteiger partial charge in [-0.3, -0.25) is 0 Å². The Morgan fingerprint density at radius 3 is 2.29 bits per heavy atom. The smallest absolute Gasteiger partial charge is 0.416 e. The zero-order valence-corrected chi connectivity index (χ0v) is 15.3. The van der Waals surface area contributed by atoms with Gasteiger partial charge in [0, 0.05) is 0 Å². The molecule has 150 valence electrons. The van der Waals surface area contributed by atoms with E-state index in [2.05, 4.69) is 15.1 Å². The van der Waals surface area contributed by atoms with Gasteiger partial charge in [-0.1, -0.05) is 12.1 Å². The monoisotopic (exact) mass is 400 g/mol. The number of alkyl halides is 5. The second-order valence-corrected chi connectivity index (χ2v) is 6.26. The SMILES string of the molecule is COc1nc(C)nc2c1c(CC(F)F)nn2C(C)c1ccc(C(F)(F)F)cc1. The number of aryl methyl sites for hydroxylation is 1. The fourth-order valence-corrected chi connectivity index (χ4v) is 2.98. The molecule has 0 radical (unpaired) electrons. The Morgan fingerprint density at radius 1 is 1.11 bits per heavy atom. The molecule has 0 N–H and O–H groups in total. The highest BCUT2D eigenvalue weighted by molar-refractivity contribution is 5.84. The lowest BCUT2D eigenvalue weighted by Gasteiger charge is -2.15. The minimum absolute atomic E-state index is 0.0700. The van der Waals surface area contributed by atoms with Crippen LogP contribution in [-0.2, 0) is 12.6 Å². The third-order valence-electron chi connectivity index (χ3n) is 4.33. The first-order valence-electron chi connectivity index (χ1n) is 8.36. The predicted octanol–water partition coefficient (Wildman–Crippen LogP) is 4.58. The predicted molar refractivity (Wildman–Crippen MR) is 91.6 cm³/mol. The molecule has 0 spiro atoms. The molecule has 0 aliphatic rings. The summed E-state index contributed by atoms with van der Waals surface area (Å²) in [6.45, 7) is 3.32. The molecule has 1 aromatic carbocycles. The quantitative estimate of drug-likeness (QED) is 0.589. The summed E-state index contributed by atoms with van der Waals surface area (Å²) >= 11 is 0. The molecule has 3 rings (SSSR count). The maximum Gasteiger partial charge on any atom is 0.416 e. The van der Waals surface area contributed by atoms with Gasteiger partial charge in [-0.05, 0) is 31.5 Å². The maximum atomic E-state index is 13.0. The van der Waals surface area contributed by atoms with Crippen molar-refractivity contribution in [3.63, 3.8) is 0 Å². The number of aromatic nitrogens is 4. The highest BCUT2D eigenvalue weighted by atomic mass is 19.4. The Hall–Kier alpha value is -2.78. The first kappa shape index (κ1) is 20.0. The van der Waals surface area contributed by atoms with Crippen LogP contribution in [0.4, 0.5) is 22.0 Å². The maximum absolute atomic E-state index is 13.0. The van der Waals surface area contributed by atoms with Crippen molar-refractivity contribution in [3.8, 4) is 5.88 Å². The van der Waals surface area contributed by atoms with Crippen LogP contribution in [0.2, 0.25) is 0 Å². The standard InChI is InChI=1S/C18H17F5N4O/c1-9(11-4-6-12(7-5-11)18(21,22)23)27-16-15(13(26-27)8-14(19)20)17(28-3)25-10(2)24-16/h4-7,9,14H,8H2,1-3H3. The molecule has 28 heavy (non-hydrogen) atoms. The topological polar surface area (TPSA) is 52.8 Å². The van der Waals surface area contributed by atoms with E-state index in [4.69, 9.17) is 4.74 Å². The van der Waals surface area contributed by atoms with E-state index in [1.54, 1.807) is 13.8 Å². The second kappa shape index (κ2) is 7.33. The first-order valence-corrected chi connectivity index (χ1v) is 8.36. The molecule has 5 nitrogen and oxygen atoms in total. The molecule has 0 amide bonds. The number of rotatable bonds is 5. The van der Waals surface area contributed by atoms with Gasteiger partial charge in [-0.2, -0.15) is 23.3 Å². The molecule has 2 aromatic heterocycles. The third kappa shape index (κ3) is 3.76. The molecule has 1 atom stereocenters. The molecule has 0 aliphatic heterocycles. The molecule has 0 bridgehead atoms. The second-order valence-electron chi connectivity index (χ2n) is 6.26. The lowest BCUT2D eigenvalue weighted by molar-refractivity contribution is -0.137. The summed E-state index contributed by atoms with van der Waals surface area (Å²) in [6, 6.07) is 4.06. The Morgan fingerprint density at radius 2 is 1.75 bits per heavy atom. The Bertz CT molecular complexity index is 982. The number of benzene rings is 1. The van der Waals surface area contributed by atoms with E-state index in [-0.39, 0.29) is 22.6 Å². The number of hydrogen-bond acceptors (Lipinski definition) is 4. The van der Waals surface area contributed by atoms with Gasteiger partial charge < -0.3 is 4.74 Å². The molecule has 10 heteroatoms. The summed E-state index contributed by atoms with van der Waals surface area (Å²) in [6.07, 6.45) is -7.70. The van der Waals surface area contributed by atoms with Crippen molar-refractivity contribution in [2.24, 2.45) is 0 Å². The number of hydrogen-bond donors (Lipinski definition) is 0. The van der Waals surface area contributed by atoms with E-state index in [1.807, 2.05) is 0 Å². The Labute approximate surface area is 157 Å². The minimum Gasteiger partial charge on any atom is -0.480 e. The van der Waals surface area contributed by atoms with Crippen molar-refractivity contribution in [2.75, 3.05) is 7.11 Å². The van der Waals surface area contributed by atoms with Crippen molar-refractivity contribution in [2.45, 2.75) is 38.9 Å². The summed E-state index contributed by atoms with van der Waals surface area (Å²) in [5.41, 5.74) is 0.108. The largest absolute Gasteiger partial charge is 0.480 e. The van der Waals surface area contributed by atoms with Crippen LogP contribution in [0.1, 0.15) is 35.6 Å². The van der Waals surface area contributed by atoms with E-state index in [9.17, 15) is 22.0 Å². The molecular weight excluding hydrogens is 383 g/mol. The molecule has 0 saturated heterocycles. The summed E-state index contributed by atoms with van der Waals surface area (Å²) < 4.78 is 71.0. The summed E-state index contributed by atoms with van der Waals surface area (Å²) in [5.74, 6) is 0.484. The molecule has 0 fully saturated rings. The highest BCUT2D eigenvalue weighted by Crippen LogP contribution is 2.33. The van der Waals surface area contributed by atoms with Gasteiger partial charge in [-0.15, -0.1) is 0 Å². The van der Waals surface area contributed by atoms with Gasteiger partial charge in [0.25, 0.3) is 0 Å². The van der Waals surface area contributed by atoms with Crippen molar-refractivity contribution in [3.05, 3.63) is 46.9 Å². The van der Waals surface area contributed by atoms with Crippen molar-refractivity contribution in [1.82, 2.24) is 19.7 Å². The van der Waals surface area contributed by atoms with E-state index in [0.29, 0.717) is 11.4 Å². The summed E-state index contributed by atoms with van der Waals surface area (Å²) in [5, 5.41) is 4.53. The van der Waals surface area contributed by atoms with Gasteiger partial charge in [-0.25, -0.2) is 18.4 Å². The van der Waals surface area contributed by atoms with Crippen molar-refractivity contribution in [1.29, 1.82) is 0 Å². The molecule has 0 saturated carbocycles. The number of fused-ring (bicyclic) bond motifs is 1. The number of ether oxygens (including phenoxy) is 1. The molecule has 0 aliphatic carbocycles. The fourth-order valence-electron chi connectivity index (χ4n) is 2.98. The molecule has 2 heterocycles. The molecular formula is C18H17F5N4O. The van der Waals surface area contributed by atoms with Crippen LogP contribution in [0.15, 0.2) is 24.3 Å². The minimum atomic E-state index is -4.44. The van der Waals surface area contributed by atoms with Crippen LogP contribution in [0.5, 0.6) is 5.88 Å². The van der Waals surface area contributed by atoms with E-state index < -0.39 is 30.6 Å². The van der Waals surface area contributed by atoms with E-state index in [1.165, 1.54) is 23.9 Å². The molecule has 3 aromatic rings. The zero-order chi connectivity index (χ0) is 20.6. The van der Waals surface area contributed by atoms with Crippen LogP contribution >= 0.6 is 0 Å².